The third-order valence-corrected chi connectivity index (χ3v) is 3.19. The fourth-order valence-electron chi connectivity index (χ4n) is 1.80. The number of rotatable bonds is 4. The number of carboxylic acids is 1. The van der Waals surface area contributed by atoms with Gasteiger partial charge < -0.3 is 10.0 Å². The van der Waals surface area contributed by atoms with Gasteiger partial charge in [-0.05, 0) is 24.6 Å². The molecular weight excluding hydrogens is 259 g/mol. The number of aliphatic carboxylic acids is 1. The summed E-state index contributed by atoms with van der Waals surface area (Å²) in [5.41, 5.74) is -4.43. The average molecular weight is 271 g/mol. The number of amides is 1. The van der Waals surface area contributed by atoms with Gasteiger partial charge in [0.05, 0.1) is 12.2 Å². The number of alkyl halides is 3. The van der Waals surface area contributed by atoms with E-state index in [0.717, 1.165) is 0 Å². The van der Waals surface area contributed by atoms with E-state index in [1.807, 2.05) is 0 Å². The first-order valence-corrected chi connectivity index (χ1v) is 6.00. The minimum absolute atomic E-state index is 0.206. The number of nitrogens with zero attached hydrogens (tertiary/aromatic N) is 1. The molecule has 98 valence electrons. The van der Waals surface area contributed by atoms with E-state index in [1.54, 1.807) is 0 Å². The molecule has 1 atom stereocenters. The van der Waals surface area contributed by atoms with Crippen LogP contribution in [0.1, 0.15) is 19.3 Å². The average Bonchev–Trinajstić information content (AvgIpc) is 2.60. The van der Waals surface area contributed by atoms with Crippen LogP contribution in [0.15, 0.2) is 0 Å². The maximum absolute atomic E-state index is 11.9. The third-order valence-electron chi connectivity index (χ3n) is 2.47. The molecule has 1 amide bonds. The summed E-state index contributed by atoms with van der Waals surface area (Å²) in [6.07, 6.45) is 0.970. The summed E-state index contributed by atoms with van der Waals surface area (Å²) >= 11 is -0.389. The van der Waals surface area contributed by atoms with Crippen molar-refractivity contribution in [2.24, 2.45) is 0 Å². The van der Waals surface area contributed by atoms with E-state index >= 15 is 0 Å². The van der Waals surface area contributed by atoms with E-state index in [0.29, 0.717) is 19.4 Å². The van der Waals surface area contributed by atoms with E-state index in [1.165, 1.54) is 4.90 Å². The number of carboxylic acid groups (broad SMARTS) is 1. The smallest absolute Gasteiger partial charge is 0.442 e. The van der Waals surface area contributed by atoms with E-state index in [9.17, 15) is 22.8 Å². The van der Waals surface area contributed by atoms with Gasteiger partial charge in [0.15, 0.2) is 0 Å². The van der Waals surface area contributed by atoms with Crippen molar-refractivity contribution in [3.05, 3.63) is 0 Å². The molecule has 1 saturated heterocycles. The van der Waals surface area contributed by atoms with Crippen molar-refractivity contribution in [3.8, 4) is 0 Å². The second kappa shape index (κ2) is 5.61. The van der Waals surface area contributed by atoms with Crippen molar-refractivity contribution in [2.75, 3.05) is 12.3 Å². The first-order valence-electron chi connectivity index (χ1n) is 5.01. The molecule has 8 heteroatoms. The molecule has 0 aromatic heterocycles. The number of carbonyl (C=O) groups excluding carboxylic acids is 1. The van der Waals surface area contributed by atoms with Crippen molar-refractivity contribution >= 4 is 23.6 Å². The zero-order valence-electron chi connectivity index (χ0n) is 8.87. The molecule has 0 spiro atoms. The first-order chi connectivity index (χ1) is 7.79. The summed E-state index contributed by atoms with van der Waals surface area (Å²) in [7, 11) is 0. The molecule has 17 heavy (non-hydrogen) atoms. The number of carbonyl (C=O) groups is 2. The van der Waals surface area contributed by atoms with Crippen LogP contribution in [-0.2, 0) is 9.59 Å². The normalized spacial score (nSPS) is 20.6. The monoisotopic (exact) mass is 271 g/mol. The Labute approximate surface area is 100 Å². The number of halogens is 3. The van der Waals surface area contributed by atoms with Gasteiger partial charge in [-0.3, -0.25) is 9.59 Å². The summed E-state index contributed by atoms with van der Waals surface area (Å²) in [5, 5.41) is 8.61. The van der Waals surface area contributed by atoms with Crippen molar-refractivity contribution < 1.29 is 27.9 Å². The number of hydrogen-bond donors (Lipinski definition) is 1. The Kier molecular flexibility index (Phi) is 4.67. The second-order valence-electron chi connectivity index (χ2n) is 3.72. The quantitative estimate of drug-likeness (QED) is 0.845. The van der Waals surface area contributed by atoms with Crippen LogP contribution in [0, 0.1) is 0 Å². The molecule has 1 aliphatic heterocycles. The molecule has 1 rings (SSSR count). The Morgan fingerprint density at radius 3 is 2.59 bits per heavy atom. The Hall–Kier alpha value is -0.920. The highest BCUT2D eigenvalue weighted by molar-refractivity contribution is 8.00. The minimum atomic E-state index is -4.43. The topological polar surface area (TPSA) is 57.6 Å². The van der Waals surface area contributed by atoms with E-state index in [2.05, 4.69) is 0 Å². The lowest BCUT2D eigenvalue weighted by Gasteiger charge is -2.23. The van der Waals surface area contributed by atoms with Crippen LogP contribution in [0.25, 0.3) is 0 Å². The first kappa shape index (κ1) is 14.1. The Morgan fingerprint density at radius 2 is 2.06 bits per heavy atom. The van der Waals surface area contributed by atoms with Crippen LogP contribution in [0.5, 0.6) is 0 Å². The highest BCUT2D eigenvalue weighted by Gasteiger charge is 2.34. The van der Waals surface area contributed by atoms with E-state index in [4.69, 9.17) is 5.11 Å². The third kappa shape index (κ3) is 4.84. The van der Waals surface area contributed by atoms with Crippen LogP contribution >= 0.6 is 11.8 Å². The van der Waals surface area contributed by atoms with Gasteiger partial charge >= 0.3 is 11.5 Å². The lowest BCUT2D eigenvalue weighted by atomic mass is 10.1. The maximum Gasteiger partial charge on any atom is 0.442 e. The standard InChI is InChI=1S/C9H12F3NO3S/c10-9(11,12)17-5-7(14)13-3-1-2-6(13)4-8(15)16/h6H,1-5H2,(H,15,16). The molecule has 0 bridgehead atoms. The fourth-order valence-corrected chi connectivity index (χ4v) is 2.26. The van der Waals surface area contributed by atoms with Gasteiger partial charge in [0.2, 0.25) is 5.91 Å². The lowest BCUT2D eigenvalue weighted by molar-refractivity contribution is -0.139. The van der Waals surface area contributed by atoms with Gasteiger partial charge in [-0.2, -0.15) is 13.2 Å². The summed E-state index contributed by atoms with van der Waals surface area (Å²) in [6.45, 7) is 0.342. The predicted octanol–water partition coefficient (Wildman–Crippen LogP) is 1.71. The number of thioether (sulfide) groups is 1. The zero-order chi connectivity index (χ0) is 13.1. The number of hydrogen-bond acceptors (Lipinski definition) is 3. The Balaban J connectivity index is 2.47. The largest absolute Gasteiger partial charge is 0.481 e. The minimum Gasteiger partial charge on any atom is -0.481 e. The van der Waals surface area contributed by atoms with Crippen molar-refractivity contribution in [1.82, 2.24) is 4.90 Å². The van der Waals surface area contributed by atoms with Crippen LogP contribution in [0.3, 0.4) is 0 Å². The summed E-state index contributed by atoms with van der Waals surface area (Å²) in [6, 6.07) is -0.464. The van der Waals surface area contributed by atoms with Gasteiger partial charge in [-0.1, -0.05) is 0 Å². The van der Waals surface area contributed by atoms with E-state index in [-0.39, 0.29) is 18.2 Å². The molecule has 1 fully saturated rings. The van der Waals surface area contributed by atoms with Crippen molar-refractivity contribution in [3.63, 3.8) is 0 Å². The molecule has 1 unspecified atom stereocenters. The Bertz CT molecular complexity index is 308. The molecule has 0 saturated carbocycles. The SMILES string of the molecule is O=C(O)CC1CCCN1C(=O)CSC(F)(F)F. The molecule has 1 aliphatic rings. The second-order valence-corrected chi connectivity index (χ2v) is 4.76. The van der Waals surface area contributed by atoms with E-state index < -0.39 is 29.2 Å². The fraction of sp³-hybridized carbons (Fsp3) is 0.778. The molecule has 1 N–H and O–H groups in total. The molecule has 1 heterocycles. The Morgan fingerprint density at radius 1 is 1.41 bits per heavy atom. The van der Waals surface area contributed by atoms with Gasteiger partial charge in [-0.25, -0.2) is 0 Å². The molecule has 4 nitrogen and oxygen atoms in total. The van der Waals surface area contributed by atoms with Crippen LogP contribution in [0.2, 0.25) is 0 Å². The molecule has 0 aromatic rings. The molecule has 0 radical (unpaired) electrons. The van der Waals surface area contributed by atoms with Gasteiger partial charge in [-0.15, -0.1) is 0 Å². The van der Waals surface area contributed by atoms with Gasteiger partial charge in [0, 0.05) is 12.6 Å². The highest BCUT2D eigenvalue weighted by Crippen LogP contribution is 2.31. The van der Waals surface area contributed by atoms with Gasteiger partial charge in [0.1, 0.15) is 0 Å². The molecule has 0 aromatic carbocycles. The van der Waals surface area contributed by atoms with Crippen molar-refractivity contribution in [1.29, 1.82) is 0 Å². The van der Waals surface area contributed by atoms with Crippen LogP contribution in [-0.4, -0.2) is 45.7 Å². The van der Waals surface area contributed by atoms with Crippen LogP contribution < -0.4 is 0 Å². The number of likely N-dealkylation sites (tertiary alicyclic amines) is 1. The van der Waals surface area contributed by atoms with Crippen LogP contribution in [0.4, 0.5) is 13.2 Å². The summed E-state index contributed by atoms with van der Waals surface area (Å²) in [5.74, 6) is -2.37. The zero-order valence-corrected chi connectivity index (χ0v) is 9.68. The van der Waals surface area contributed by atoms with Crippen molar-refractivity contribution in [2.45, 2.75) is 30.8 Å². The molecule has 0 aliphatic carbocycles. The maximum atomic E-state index is 11.9. The lowest BCUT2D eigenvalue weighted by Crippen LogP contribution is -2.38. The van der Waals surface area contributed by atoms with Gasteiger partial charge in [0.25, 0.3) is 0 Å². The summed E-state index contributed by atoms with van der Waals surface area (Å²) < 4.78 is 35.7. The summed E-state index contributed by atoms with van der Waals surface area (Å²) in [4.78, 5) is 23.3. The molecular formula is C9H12F3NO3S. The predicted molar refractivity (Wildman–Crippen MR) is 55.5 cm³/mol. The highest BCUT2D eigenvalue weighted by atomic mass is 32.2.